The lowest BCUT2D eigenvalue weighted by Crippen LogP contribution is -2.31. The maximum atomic E-state index is 13.8. The van der Waals surface area contributed by atoms with E-state index >= 15 is 0 Å². The molecule has 4 aromatic rings. The molecule has 170 valence electrons. The van der Waals surface area contributed by atoms with Crippen molar-refractivity contribution in [1.82, 2.24) is 4.98 Å². The van der Waals surface area contributed by atoms with Gasteiger partial charge in [-0.25, -0.2) is 13.4 Å². The molecular weight excluding hydrogens is 456 g/mol. The van der Waals surface area contributed by atoms with Gasteiger partial charge in [-0.1, -0.05) is 66.8 Å². The van der Waals surface area contributed by atoms with Gasteiger partial charge in [-0.3, -0.25) is 9.69 Å². The average molecular weight is 481 g/mol. The first kappa shape index (κ1) is 22.9. The number of hydrogen-bond donors (Lipinski definition) is 0. The highest BCUT2D eigenvalue weighted by molar-refractivity contribution is 7.91. The van der Waals surface area contributed by atoms with Gasteiger partial charge in [0.2, 0.25) is 0 Å². The van der Waals surface area contributed by atoms with Gasteiger partial charge in [0.1, 0.15) is 11.3 Å². The number of hydrogen-bond acceptors (Lipinski definition) is 6. The van der Waals surface area contributed by atoms with Crippen LogP contribution in [0.25, 0.3) is 10.2 Å². The molecule has 8 heteroatoms. The Hall–Kier alpha value is -3.23. The molecule has 1 amide bonds. The van der Waals surface area contributed by atoms with Crippen LogP contribution in [0, 0.1) is 6.92 Å². The molecule has 3 aromatic carbocycles. The Morgan fingerprint density at radius 2 is 1.73 bits per heavy atom. The van der Waals surface area contributed by atoms with Gasteiger partial charge in [0.15, 0.2) is 15.0 Å². The van der Waals surface area contributed by atoms with Crippen molar-refractivity contribution < 1.29 is 17.9 Å². The van der Waals surface area contributed by atoms with Gasteiger partial charge in [0, 0.05) is 0 Å². The third-order valence-corrected chi connectivity index (χ3v) is 8.40. The zero-order valence-corrected chi connectivity index (χ0v) is 20.2. The molecule has 1 heterocycles. The molecule has 0 bridgehead atoms. The SMILES string of the molecule is CCS(=O)(=O)c1ccccc1C(=O)N(Cc1ccccc1)c1nc2c(OC)ccc(C)c2s1. The molecule has 0 aliphatic rings. The van der Waals surface area contributed by atoms with Crippen LogP contribution in [-0.4, -0.2) is 32.2 Å². The van der Waals surface area contributed by atoms with Gasteiger partial charge in [-0.15, -0.1) is 0 Å². The fraction of sp³-hybridized carbons (Fsp3) is 0.200. The molecule has 0 saturated heterocycles. The number of aryl methyl sites for hydroxylation is 1. The fourth-order valence-corrected chi connectivity index (χ4v) is 5.72. The minimum absolute atomic E-state index is 0.0328. The molecule has 0 aliphatic carbocycles. The molecule has 1 aromatic heterocycles. The van der Waals surface area contributed by atoms with E-state index < -0.39 is 15.7 Å². The second-order valence-electron chi connectivity index (χ2n) is 7.54. The van der Waals surface area contributed by atoms with E-state index in [2.05, 4.69) is 0 Å². The number of ether oxygens (including phenoxy) is 1. The predicted molar refractivity (Wildman–Crippen MR) is 132 cm³/mol. The standard InChI is InChI=1S/C25H24N2O4S2/c1-4-33(29,30)21-13-9-8-12-19(21)24(28)27(16-18-10-6-5-7-11-18)25-26-22-20(31-3)15-14-17(2)23(22)32-25/h5-15H,4,16H2,1-3H3. The molecule has 4 rings (SSSR count). The highest BCUT2D eigenvalue weighted by Crippen LogP contribution is 2.37. The van der Waals surface area contributed by atoms with Gasteiger partial charge in [-0.2, -0.15) is 0 Å². The first-order chi connectivity index (χ1) is 15.9. The Balaban J connectivity index is 1.88. The van der Waals surface area contributed by atoms with Crippen LogP contribution >= 0.6 is 11.3 Å². The number of fused-ring (bicyclic) bond motifs is 1. The monoisotopic (exact) mass is 480 g/mol. The predicted octanol–water partition coefficient (Wildman–Crippen LogP) is 5.25. The molecule has 33 heavy (non-hydrogen) atoms. The number of amides is 1. The van der Waals surface area contributed by atoms with Crippen molar-refractivity contribution in [1.29, 1.82) is 0 Å². The molecule has 0 atom stereocenters. The summed E-state index contributed by atoms with van der Waals surface area (Å²) in [5, 5.41) is 0.482. The van der Waals surface area contributed by atoms with Crippen LogP contribution < -0.4 is 9.64 Å². The summed E-state index contributed by atoms with van der Waals surface area (Å²) in [4.78, 5) is 20.2. The van der Waals surface area contributed by atoms with Crippen LogP contribution in [-0.2, 0) is 16.4 Å². The van der Waals surface area contributed by atoms with Gasteiger partial charge in [0.05, 0.1) is 34.6 Å². The highest BCUT2D eigenvalue weighted by Gasteiger charge is 2.28. The summed E-state index contributed by atoms with van der Waals surface area (Å²) in [5.74, 6) is 0.120. The van der Waals surface area contributed by atoms with E-state index in [1.165, 1.54) is 17.4 Å². The Morgan fingerprint density at radius 1 is 1.03 bits per heavy atom. The van der Waals surface area contributed by atoms with Gasteiger partial charge in [0.25, 0.3) is 5.91 Å². The molecule has 0 radical (unpaired) electrons. The average Bonchev–Trinajstić information content (AvgIpc) is 3.29. The lowest BCUT2D eigenvalue weighted by Gasteiger charge is -2.21. The van der Waals surface area contributed by atoms with E-state index in [-0.39, 0.29) is 22.8 Å². The summed E-state index contributed by atoms with van der Waals surface area (Å²) in [6.07, 6.45) is 0. The second kappa shape index (κ2) is 9.33. The quantitative estimate of drug-likeness (QED) is 0.361. The number of rotatable bonds is 7. The molecular formula is C25H24N2O4S2. The lowest BCUT2D eigenvalue weighted by molar-refractivity contribution is 0.0982. The van der Waals surface area contributed by atoms with Crippen molar-refractivity contribution >= 4 is 42.4 Å². The maximum Gasteiger partial charge on any atom is 0.261 e. The molecule has 0 spiro atoms. The van der Waals surface area contributed by atoms with E-state index in [4.69, 9.17) is 9.72 Å². The number of carbonyl (C=O) groups is 1. The van der Waals surface area contributed by atoms with Crippen molar-refractivity contribution in [2.45, 2.75) is 25.3 Å². The third kappa shape index (κ3) is 4.49. The van der Waals surface area contributed by atoms with Crippen LogP contribution in [0.2, 0.25) is 0 Å². The van der Waals surface area contributed by atoms with E-state index in [0.717, 1.165) is 15.8 Å². The number of anilines is 1. The van der Waals surface area contributed by atoms with E-state index in [0.29, 0.717) is 16.4 Å². The second-order valence-corrected chi connectivity index (χ2v) is 10.8. The van der Waals surface area contributed by atoms with E-state index in [1.807, 2.05) is 49.4 Å². The topological polar surface area (TPSA) is 76.6 Å². The smallest absolute Gasteiger partial charge is 0.261 e. The Kier molecular flexibility index (Phi) is 6.49. The number of thiazole rings is 1. The van der Waals surface area contributed by atoms with Crippen LogP contribution in [0.4, 0.5) is 5.13 Å². The van der Waals surface area contributed by atoms with Crippen molar-refractivity contribution in [2.75, 3.05) is 17.8 Å². The summed E-state index contributed by atoms with van der Waals surface area (Å²) in [7, 11) is -2.00. The van der Waals surface area contributed by atoms with Crippen LogP contribution in [0.3, 0.4) is 0 Å². The Labute approximate surface area is 197 Å². The zero-order chi connectivity index (χ0) is 23.6. The Morgan fingerprint density at radius 3 is 2.42 bits per heavy atom. The number of aromatic nitrogens is 1. The Bertz CT molecular complexity index is 1410. The van der Waals surface area contributed by atoms with Gasteiger partial charge in [-0.05, 0) is 36.2 Å². The summed E-state index contributed by atoms with van der Waals surface area (Å²) in [6, 6.07) is 19.7. The highest BCUT2D eigenvalue weighted by atomic mass is 32.2. The molecule has 0 aliphatic heterocycles. The molecule has 0 N–H and O–H groups in total. The van der Waals surface area contributed by atoms with Crippen LogP contribution in [0.5, 0.6) is 5.75 Å². The zero-order valence-electron chi connectivity index (χ0n) is 18.6. The van der Waals surface area contributed by atoms with Gasteiger partial charge >= 0.3 is 0 Å². The van der Waals surface area contributed by atoms with Crippen molar-refractivity contribution in [3.8, 4) is 5.75 Å². The normalized spacial score (nSPS) is 11.5. The minimum Gasteiger partial charge on any atom is -0.494 e. The number of carbonyl (C=O) groups excluding carboxylic acids is 1. The molecule has 0 saturated carbocycles. The lowest BCUT2D eigenvalue weighted by atomic mass is 10.1. The first-order valence-electron chi connectivity index (χ1n) is 10.5. The molecule has 0 fully saturated rings. The summed E-state index contributed by atoms with van der Waals surface area (Å²) in [6.45, 7) is 3.80. The molecule has 6 nitrogen and oxygen atoms in total. The number of nitrogens with zero attached hydrogens (tertiary/aromatic N) is 2. The van der Waals surface area contributed by atoms with E-state index in [9.17, 15) is 13.2 Å². The van der Waals surface area contributed by atoms with Crippen LogP contribution in [0.1, 0.15) is 28.4 Å². The summed E-state index contributed by atoms with van der Waals surface area (Å²) >= 11 is 1.39. The minimum atomic E-state index is -3.59. The fourth-order valence-electron chi connectivity index (χ4n) is 3.59. The van der Waals surface area contributed by atoms with E-state index in [1.54, 1.807) is 37.1 Å². The third-order valence-electron chi connectivity index (χ3n) is 5.40. The van der Waals surface area contributed by atoms with Crippen molar-refractivity contribution in [3.63, 3.8) is 0 Å². The molecule has 0 unspecified atom stereocenters. The first-order valence-corrected chi connectivity index (χ1v) is 12.9. The number of benzene rings is 3. The maximum absolute atomic E-state index is 13.8. The summed E-state index contributed by atoms with van der Waals surface area (Å²) in [5.41, 5.74) is 2.75. The van der Waals surface area contributed by atoms with Crippen LogP contribution in [0.15, 0.2) is 71.6 Å². The summed E-state index contributed by atoms with van der Waals surface area (Å²) < 4.78 is 31.8. The number of sulfone groups is 1. The largest absolute Gasteiger partial charge is 0.494 e. The van der Waals surface area contributed by atoms with Crippen molar-refractivity contribution in [3.05, 3.63) is 83.4 Å². The van der Waals surface area contributed by atoms with Gasteiger partial charge < -0.3 is 4.74 Å². The number of methoxy groups -OCH3 is 1. The van der Waals surface area contributed by atoms with Crippen molar-refractivity contribution in [2.24, 2.45) is 0 Å².